The van der Waals surface area contributed by atoms with Crippen molar-refractivity contribution in [3.05, 3.63) is 65.9 Å². The predicted molar refractivity (Wildman–Crippen MR) is 81.1 cm³/mol. The Labute approximate surface area is 122 Å². The number of benzene rings is 2. The summed E-state index contributed by atoms with van der Waals surface area (Å²) in [5.41, 5.74) is 3.10. The van der Waals surface area contributed by atoms with Crippen LogP contribution in [-0.2, 0) is 0 Å². The molecule has 1 heterocycles. The van der Waals surface area contributed by atoms with Gasteiger partial charge in [-0.1, -0.05) is 35.9 Å². The second kappa shape index (κ2) is 5.51. The highest BCUT2D eigenvalue weighted by Gasteiger charge is 2.14. The fourth-order valence-electron chi connectivity index (χ4n) is 1.95. The fourth-order valence-corrected chi connectivity index (χ4v) is 1.95. The third-order valence-corrected chi connectivity index (χ3v) is 3.06. The number of nitriles is 1. The van der Waals surface area contributed by atoms with Crippen LogP contribution in [0.25, 0.3) is 11.5 Å². The first-order chi connectivity index (χ1) is 10.3. The minimum atomic E-state index is 0.245. The molecule has 0 unspecified atom stereocenters. The van der Waals surface area contributed by atoms with Crippen LogP contribution in [0.4, 0.5) is 11.6 Å². The molecule has 0 aliphatic carbocycles. The minimum Gasteiger partial charge on any atom is -0.419 e. The Morgan fingerprint density at radius 2 is 1.76 bits per heavy atom. The van der Waals surface area contributed by atoms with Crippen LogP contribution < -0.4 is 5.32 Å². The lowest BCUT2D eigenvalue weighted by Gasteiger charge is -2.01. The van der Waals surface area contributed by atoms with Crippen molar-refractivity contribution in [1.29, 1.82) is 5.26 Å². The topological polar surface area (TPSA) is 61.9 Å². The third kappa shape index (κ3) is 2.77. The van der Waals surface area contributed by atoms with Gasteiger partial charge >= 0.3 is 0 Å². The molecule has 0 saturated carbocycles. The lowest BCUT2D eigenvalue weighted by atomic mass is 10.1. The molecule has 4 nitrogen and oxygen atoms in total. The van der Waals surface area contributed by atoms with Gasteiger partial charge in [-0.3, -0.25) is 0 Å². The minimum absolute atomic E-state index is 0.245. The number of nitrogens with zero attached hydrogens (tertiary/aromatic N) is 2. The van der Waals surface area contributed by atoms with E-state index in [1.165, 1.54) is 0 Å². The first-order valence-corrected chi connectivity index (χ1v) is 6.56. The van der Waals surface area contributed by atoms with Crippen molar-refractivity contribution in [2.45, 2.75) is 6.92 Å². The number of rotatable bonds is 3. The van der Waals surface area contributed by atoms with Gasteiger partial charge < -0.3 is 9.73 Å². The Balaban J connectivity index is 1.95. The first-order valence-electron chi connectivity index (χ1n) is 6.56. The molecule has 0 amide bonds. The Hall–Kier alpha value is -3.06. The summed E-state index contributed by atoms with van der Waals surface area (Å²) in [5.74, 6) is 0.796. The number of aromatic nitrogens is 1. The van der Waals surface area contributed by atoms with Crippen LogP contribution >= 0.6 is 0 Å². The Bertz CT molecular complexity index is 783. The number of oxazole rings is 1. The standard InChI is InChI=1S/C17H13N3O/c1-12-7-9-13(10-8-12)16-20-15(11-18)17(21-16)19-14-5-3-2-4-6-14/h2-10,19H,1H3. The van der Waals surface area contributed by atoms with E-state index >= 15 is 0 Å². The molecule has 0 atom stereocenters. The average Bonchev–Trinajstić information content (AvgIpc) is 2.92. The lowest BCUT2D eigenvalue weighted by Crippen LogP contribution is -1.90. The van der Waals surface area contributed by atoms with Gasteiger partial charge in [0.25, 0.3) is 0 Å². The van der Waals surface area contributed by atoms with Crippen molar-refractivity contribution in [3.63, 3.8) is 0 Å². The number of anilines is 2. The van der Waals surface area contributed by atoms with Crippen LogP contribution in [-0.4, -0.2) is 4.98 Å². The van der Waals surface area contributed by atoms with Gasteiger partial charge in [0.1, 0.15) is 6.07 Å². The van der Waals surface area contributed by atoms with Gasteiger partial charge in [0.05, 0.1) is 0 Å². The van der Waals surface area contributed by atoms with Gasteiger partial charge in [-0.05, 0) is 31.2 Å². The molecule has 0 radical (unpaired) electrons. The maximum atomic E-state index is 9.19. The van der Waals surface area contributed by atoms with Crippen LogP contribution in [0.5, 0.6) is 0 Å². The molecule has 2 aromatic carbocycles. The molecular weight excluding hydrogens is 262 g/mol. The quantitative estimate of drug-likeness (QED) is 0.775. The van der Waals surface area contributed by atoms with Crippen LogP contribution in [0.1, 0.15) is 11.3 Å². The zero-order chi connectivity index (χ0) is 14.7. The predicted octanol–water partition coefficient (Wildman–Crippen LogP) is 4.27. The molecule has 1 aromatic heterocycles. The first kappa shape index (κ1) is 12.9. The van der Waals surface area contributed by atoms with Crippen molar-refractivity contribution in [2.75, 3.05) is 5.32 Å². The Morgan fingerprint density at radius 1 is 1.05 bits per heavy atom. The molecular formula is C17H13N3O. The molecule has 3 aromatic rings. The van der Waals surface area contributed by atoms with Crippen molar-refractivity contribution in [3.8, 4) is 17.5 Å². The van der Waals surface area contributed by atoms with Crippen LogP contribution in [0.15, 0.2) is 59.0 Å². The van der Waals surface area contributed by atoms with Gasteiger partial charge in [-0.2, -0.15) is 10.2 Å². The highest BCUT2D eigenvalue weighted by molar-refractivity contribution is 5.63. The zero-order valence-electron chi connectivity index (χ0n) is 11.5. The molecule has 1 N–H and O–H groups in total. The molecule has 0 aliphatic heterocycles. The van der Waals surface area contributed by atoms with E-state index in [9.17, 15) is 5.26 Å². The molecule has 0 aliphatic rings. The van der Waals surface area contributed by atoms with E-state index in [-0.39, 0.29) is 5.69 Å². The monoisotopic (exact) mass is 275 g/mol. The largest absolute Gasteiger partial charge is 0.419 e. The summed E-state index contributed by atoms with van der Waals surface area (Å²) in [5, 5.41) is 12.3. The molecule has 0 fully saturated rings. The second-order valence-electron chi connectivity index (χ2n) is 4.67. The normalized spacial score (nSPS) is 10.1. The van der Waals surface area contributed by atoms with Gasteiger partial charge in [-0.25, -0.2) is 0 Å². The average molecular weight is 275 g/mol. The summed E-state index contributed by atoms with van der Waals surface area (Å²) in [7, 11) is 0. The summed E-state index contributed by atoms with van der Waals surface area (Å²) in [4.78, 5) is 4.23. The van der Waals surface area contributed by atoms with Crippen LogP contribution in [0.3, 0.4) is 0 Å². The second-order valence-corrected chi connectivity index (χ2v) is 4.67. The molecule has 0 spiro atoms. The van der Waals surface area contributed by atoms with E-state index in [0.717, 1.165) is 16.8 Å². The van der Waals surface area contributed by atoms with E-state index in [1.54, 1.807) is 0 Å². The number of nitrogens with one attached hydrogen (secondary N) is 1. The van der Waals surface area contributed by atoms with E-state index in [0.29, 0.717) is 11.8 Å². The summed E-state index contributed by atoms with van der Waals surface area (Å²) in [6.07, 6.45) is 0. The third-order valence-electron chi connectivity index (χ3n) is 3.06. The molecule has 102 valence electrons. The summed E-state index contributed by atoms with van der Waals surface area (Å²) < 4.78 is 5.69. The Kier molecular flexibility index (Phi) is 3.40. The highest BCUT2D eigenvalue weighted by atomic mass is 16.4. The molecule has 21 heavy (non-hydrogen) atoms. The molecule has 0 saturated heterocycles. The highest BCUT2D eigenvalue weighted by Crippen LogP contribution is 2.27. The maximum Gasteiger partial charge on any atom is 0.236 e. The van der Waals surface area contributed by atoms with E-state index < -0.39 is 0 Å². The lowest BCUT2D eigenvalue weighted by molar-refractivity contribution is 0.591. The SMILES string of the molecule is Cc1ccc(-c2nc(C#N)c(Nc3ccccc3)o2)cc1. The van der Waals surface area contributed by atoms with Crippen molar-refractivity contribution >= 4 is 11.6 Å². The van der Waals surface area contributed by atoms with Crippen molar-refractivity contribution < 1.29 is 4.42 Å². The van der Waals surface area contributed by atoms with Gasteiger partial charge in [-0.15, -0.1) is 0 Å². The number of para-hydroxylation sites is 1. The fraction of sp³-hybridized carbons (Fsp3) is 0.0588. The van der Waals surface area contributed by atoms with E-state index in [4.69, 9.17) is 4.42 Å². The Morgan fingerprint density at radius 3 is 2.43 bits per heavy atom. The molecule has 0 bridgehead atoms. The number of hydrogen-bond donors (Lipinski definition) is 1. The van der Waals surface area contributed by atoms with Crippen LogP contribution in [0.2, 0.25) is 0 Å². The summed E-state index contributed by atoms with van der Waals surface area (Å²) >= 11 is 0. The summed E-state index contributed by atoms with van der Waals surface area (Å²) in [6, 6.07) is 19.4. The number of hydrogen-bond acceptors (Lipinski definition) is 4. The maximum absolute atomic E-state index is 9.19. The zero-order valence-corrected chi connectivity index (χ0v) is 11.5. The van der Waals surface area contributed by atoms with Gasteiger partial charge in [0, 0.05) is 11.3 Å². The van der Waals surface area contributed by atoms with E-state index in [2.05, 4.69) is 10.3 Å². The number of aryl methyl sites for hydroxylation is 1. The van der Waals surface area contributed by atoms with Crippen molar-refractivity contribution in [1.82, 2.24) is 4.98 Å². The van der Waals surface area contributed by atoms with Crippen molar-refractivity contribution in [2.24, 2.45) is 0 Å². The smallest absolute Gasteiger partial charge is 0.236 e. The van der Waals surface area contributed by atoms with Crippen LogP contribution in [0, 0.1) is 18.3 Å². The van der Waals surface area contributed by atoms with Gasteiger partial charge in [0.15, 0.2) is 0 Å². The van der Waals surface area contributed by atoms with E-state index in [1.807, 2.05) is 67.6 Å². The summed E-state index contributed by atoms with van der Waals surface area (Å²) in [6.45, 7) is 2.02. The molecule has 3 rings (SSSR count). The van der Waals surface area contributed by atoms with Gasteiger partial charge in [0.2, 0.25) is 17.5 Å². The molecule has 4 heteroatoms.